The van der Waals surface area contributed by atoms with Gasteiger partial charge < -0.3 is 5.32 Å². The molecule has 1 amide bonds. The fourth-order valence-electron chi connectivity index (χ4n) is 3.77. The standard InChI is InChI=1S/C28H21Cl2N3O2S2/c1-17-7-9-19(10-8-17)24-14-23-26(37-24)27(35)33(15-18-5-3-2-4-6-18)28(32-23)36-16-25(34)31-20-11-12-21(29)22(30)13-20/h2-14H,15-16H2,1H3,(H,31,34). The molecule has 5 rings (SSSR count). The summed E-state index contributed by atoms with van der Waals surface area (Å²) in [5, 5.41) is 4.07. The van der Waals surface area contributed by atoms with Gasteiger partial charge in [0.05, 0.1) is 27.9 Å². The van der Waals surface area contributed by atoms with E-state index in [0.29, 0.717) is 37.7 Å². The van der Waals surface area contributed by atoms with E-state index in [1.165, 1.54) is 28.7 Å². The average molecular weight is 567 g/mol. The zero-order valence-corrected chi connectivity index (χ0v) is 22.8. The third kappa shape index (κ3) is 5.91. The number of fused-ring (bicyclic) bond motifs is 1. The van der Waals surface area contributed by atoms with Gasteiger partial charge in [0.25, 0.3) is 5.56 Å². The van der Waals surface area contributed by atoms with E-state index in [1.807, 2.05) is 55.5 Å². The first-order chi connectivity index (χ1) is 17.9. The van der Waals surface area contributed by atoms with E-state index in [0.717, 1.165) is 16.0 Å². The SMILES string of the molecule is Cc1ccc(-c2cc3nc(SCC(=O)Nc4ccc(Cl)c(Cl)c4)n(Cc4ccccc4)c(=O)c3s2)cc1. The van der Waals surface area contributed by atoms with Crippen molar-refractivity contribution in [2.45, 2.75) is 18.6 Å². The van der Waals surface area contributed by atoms with Crippen molar-refractivity contribution in [1.82, 2.24) is 9.55 Å². The molecule has 0 unspecified atom stereocenters. The number of rotatable bonds is 7. The van der Waals surface area contributed by atoms with Gasteiger partial charge in [0.1, 0.15) is 4.70 Å². The second kappa shape index (κ2) is 11.1. The summed E-state index contributed by atoms with van der Waals surface area (Å²) >= 11 is 14.7. The Kier molecular flexibility index (Phi) is 7.67. The lowest BCUT2D eigenvalue weighted by atomic mass is 10.1. The Morgan fingerprint density at radius 2 is 1.76 bits per heavy atom. The van der Waals surface area contributed by atoms with Gasteiger partial charge in [0, 0.05) is 10.6 Å². The van der Waals surface area contributed by atoms with Crippen LogP contribution in [0.5, 0.6) is 0 Å². The van der Waals surface area contributed by atoms with E-state index >= 15 is 0 Å². The predicted octanol–water partition coefficient (Wildman–Crippen LogP) is 7.52. The van der Waals surface area contributed by atoms with Gasteiger partial charge in [0.15, 0.2) is 5.16 Å². The highest BCUT2D eigenvalue weighted by Crippen LogP contribution is 2.32. The van der Waals surface area contributed by atoms with Crippen LogP contribution in [0.2, 0.25) is 10.0 Å². The molecule has 9 heteroatoms. The van der Waals surface area contributed by atoms with Gasteiger partial charge in [-0.2, -0.15) is 0 Å². The summed E-state index contributed by atoms with van der Waals surface area (Å²) in [6, 6.07) is 24.8. The van der Waals surface area contributed by atoms with Crippen LogP contribution in [0.15, 0.2) is 88.8 Å². The van der Waals surface area contributed by atoms with E-state index in [2.05, 4.69) is 17.4 Å². The molecule has 0 saturated heterocycles. The Balaban J connectivity index is 1.47. The molecular formula is C28H21Cl2N3O2S2. The second-order valence-electron chi connectivity index (χ2n) is 8.43. The Hall–Kier alpha value is -3.10. The third-order valence-corrected chi connectivity index (χ3v) is 8.53. The normalized spacial score (nSPS) is 11.1. The topological polar surface area (TPSA) is 64.0 Å². The van der Waals surface area contributed by atoms with E-state index in [1.54, 1.807) is 22.8 Å². The summed E-state index contributed by atoms with van der Waals surface area (Å²) in [4.78, 5) is 32.1. The first-order valence-corrected chi connectivity index (χ1v) is 14.0. The molecule has 0 bridgehead atoms. The molecule has 0 fully saturated rings. The average Bonchev–Trinajstić information content (AvgIpc) is 3.32. The van der Waals surface area contributed by atoms with Crippen LogP contribution in [0.25, 0.3) is 20.7 Å². The van der Waals surface area contributed by atoms with Crippen molar-refractivity contribution in [3.8, 4) is 10.4 Å². The van der Waals surface area contributed by atoms with Crippen molar-refractivity contribution >= 4 is 68.1 Å². The smallest absolute Gasteiger partial charge is 0.272 e. The van der Waals surface area contributed by atoms with Gasteiger partial charge >= 0.3 is 0 Å². The maximum Gasteiger partial charge on any atom is 0.272 e. The molecule has 2 aromatic heterocycles. The molecule has 5 nitrogen and oxygen atoms in total. The minimum absolute atomic E-state index is 0.0714. The summed E-state index contributed by atoms with van der Waals surface area (Å²) in [5.74, 6) is -0.170. The van der Waals surface area contributed by atoms with E-state index in [9.17, 15) is 9.59 Å². The highest BCUT2D eigenvalue weighted by molar-refractivity contribution is 7.99. The van der Waals surface area contributed by atoms with Crippen molar-refractivity contribution in [3.05, 3.63) is 110 Å². The number of nitrogens with one attached hydrogen (secondary N) is 1. The predicted molar refractivity (Wildman–Crippen MR) is 155 cm³/mol. The minimum atomic E-state index is -0.241. The molecular weight excluding hydrogens is 545 g/mol. The lowest BCUT2D eigenvalue weighted by molar-refractivity contribution is -0.113. The molecule has 3 aromatic carbocycles. The van der Waals surface area contributed by atoms with Gasteiger partial charge in [-0.15, -0.1) is 11.3 Å². The van der Waals surface area contributed by atoms with Crippen LogP contribution >= 0.6 is 46.3 Å². The minimum Gasteiger partial charge on any atom is -0.325 e. The van der Waals surface area contributed by atoms with E-state index in [-0.39, 0.29) is 17.2 Å². The molecule has 0 aliphatic carbocycles. The molecule has 37 heavy (non-hydrogen) atoms. The van der Waals surface area contributed by atoms with Crippen molar-refractivity contribution in [3.63, 3.8) is 0 Å². The first-order valence-electron chi connectivity index (χ1n) is 11.4. The van der Waals surface area contributed by atoms with Gasteiger partial charge in [-0.3, -0.25) is 14.2 Å². The summed E-state index contributed by atoms with van der Waals surface area (Å²) in [6.07, 6.45) is 0. The number of thiophene rings is 1. The van der Waals surface area contributed by atoms with Crippen LogP contribution in [-0.2, 0) is 11.3 Å². The van der Waals surface area contributed by atoms with E-state index in [4.69, 9.17) is 28.2 Å². The molecule has 0 spiro atoms. The molecule has 0 aliphatic heterocycles. The first kappa shape index (κ1) is 25.5. The number of carbonyl (C=O) groups excluding carboxylic acids is 1. The highest BCUT2D eigenvalue weighted by atomic mass is 35.5. The quantitative estimate of drug-likeness (QED) is 0.164. The fraction of sp³-hybridized carbons (Fsp3) is 0.107. The number of thioether (sulfide) groups is 1. The van der Waals surface area contributed by atoms with Gasteiger partial charge in [-0.1, -0.05) is 95.1 Å². The molecule has 0 radical (unpaired) electrons. The number of anilines is 1. The Labute approximate surface area is 232 Å². The molecule has 1 N–H and O–H groups in total. The summed E-state index contributed by atoms with van der Waals surface area (Å²) in [5.41, 5.74) is 4.24. The lowest BCUT2D eigenvalue weighted by Crippen LogP contribution is -2.24. The van der Waals surface area contributed by atoms with Crippen molar-refractivity contribution in [2.24, 2.45) is 0 Å². The number of amides is 1. The number of aryl methyl sites for hydroxylation is 1. The van der Waals surface area contributed by atoms with Crippen LogP contribution in [-0.4, -0.2) is 21.2 Å². The fourth-order valence-corrected chi connectivity index (χ4v) is 5.91. The summed E-state index contributed by atoms with van der Waals surface area (Å²) < 4.78 is 2.24. The Bertz CT molecular complexity index is 1650. The van der Waals surface area contributed by atoms with Crippen LogP contribution in [0.1, 0.15) is 11.1 Å². The zero-order valence-electron chi connectivity index (χ0n) is 19.7. The maximum atomic E-state index is 13.6. The molecule has 2 heterocycles. The van der Waals surface area contributed by atoms with Crippen LogP contribution < -0.4 is 10.9 Å². The Morgan fingerprint density at radius 1 is 1.00 bits per heavy atom. The van der Waals surface area contributed by atoms with Crippen LogP contribution in [0, 0.1) is 6.92 Å². The van der Waals surface area contributed by atoms with Gasteiger partial charge in [-0.25, -0.2) is 4.98 Å². The van der Waals surface area contributed by atoms with Gasteiger partial charge in [0.2, 0.25) is 5.91 Å². The Morgan fingerprint density at radius 3 is 2.49 bits per heavy atom. The molecule has 0 aliphatic rings. The number of aromatic nitrogens is 2. The summed E-state index contributed by atoms with van der Waals surface area (Å²) in [7, 11) is 0. The van der Waals surface area contributed by atoms with Gasteiger partial charge in [-0.05, 0) is 42.3 Å². The zero-order chi connectivity index (χ0) is 25.9. The van der Waals surface area contributed by atoms with Crippen molar-refractivity contribution in [2.75, 3.05) is 11.1 Å². The molecule has 0 atom stereocenters. The maximum absolute atomic E-state index is 13.6. The van der Waals surface area contributed by atoms with Crippen molar-refractivity contribution < 1.29 is 4.79 Å². The highest BCUT2D eigenvalue weighted by Gasteiger charge is 2.17. The lowest BCUT2D eigenvalue weighted by Gasteiger charge is -2.12. The third-order valence-electron chi connectivity index (χ3n) is 5.65. The largest absolute Gasteiger partial charge is 0.325 e. The number of benzene rings is 3. The number of nitrogens with zero attached hydrogens (tertiary/aromatic N) is 2. The number of halogens is 2. The summed E-state index contributed by atoms with van der Waals surface area (Å²) in [6.45, 7) is 2.40. The molecule has 186 valence electrons. The molecule has 5 aromatic rings. The molecule has 0 saturated carbocycles. The van der Waals surface area contributed by atoms with Crippen molar-refractivity contribution in [1.29, 1.82) is 0 Å². The van der Waals surface area contributed by atoms with Crippen LogP contribution in [0.3, 0.4) is 0 Å². The number of hydrogen-bond acceptors (Lipinski definition) is 5. The van der Waals surface area contributed by atoms with E-state index < -0.39 is 0 Å². The second-order valence-corrected chi connectivity index (χ2v) is 11.2. The number of hydrogen-bond donors (Lipinski definition) is 1. The number of carbonyl (C=O) groups is 1. The van der Waals surface area contributed by atoms with Crippen LogP contribution in [0.4, 0.5) is 5.69 Å². The monoisotopic (exact) mass is 565 g/mol.